The number of nitrogens with zero attached hydrogens (tertiary/aromatic N) is 1. The third kappa shape index (κ3) is 3.22. The molecule has 1 rings (SSSR count). The molecule has 0 spiro atoms. The first-order chi connectivity index (χ1) is 3.39. The van der Waals surface area contributed by atoms with Crippen LogP contribution in [-0.2, 0) is 32.7 Å². The average Bonchev–Trinajstić information content (AvgIpc) is 1.69. The maximum absolute atomic E-state index is 4.05. The van der Waals surface area contributed by atoms with E-state index in [1.165, 1.54) is 3.40 Å². The Morgan fingerprint density at radius 2 is 2.12 bits per heavy atom. The molecule has 3 heteroatoms. The molecule has 0 atom stereocenters. The van der Waals surface area contributed by atoms with E-state index in [4.69, 9.17) is 0 Å². The van der Waals surface area contributed by atoms with Gasteiger partial charge in [0.1, 0.15) is 0 Å². The Hall–Kier alpha value is 1.14. The van der Waals surface area contributed by atoms with Crippen molar-refractivity contribution in [3.63, 3.8) is 0 Å². The first-order valence-corrected chi connectivity index (χ1v) is 4.30. The van der Waals surface area contributed by atoms with Gasteiger partial charge in [-0.05, 0) is 0 Å². The summed E-state index contributed by atoms with van der Waals surface area (Å²) < 4.78 is 1.24. The average molecular weight is 378 g/mol. The number of pyridine rings is 1. The minimum Gasteiger partial charge on any atom is 0 e. The minimum atomic E-state index is 0. The summed E-state index contributed by atoms with van der Waals surface area (Å²) in [6.07, 6.45) is 1.83. The van der Waals surface area contributed by atoms with Gasteiger partial charge >= 0.3 is 57.5 Å². The molecule has 8 heavy (non-hydrogen) atoms. The molecule has 1 nitrogen and oxygen atoms in total. The van der Waals surface area contributed by atoms with Crippen LogP contribution >= 0.6 is 0 Å². The van der Waals surface area contributed by atoms with Crippen LogP contribution in [0.2, 0.25) is 0 Å². The van der Waals surface area contributed by atoms with Crippen molar-refractivity contribution in [3.8, 4) is 0 Å². The molecular formula is C5H6BiNY. The maximum Gasteiger partial charge on any atom is 0 e. The molecule has 0 saturated heterocycles. The van der Waals surface area contributed by atoms with Crippen molar-refractivity contribution in [1.29, 1.82) is 0 Å². The fourth-order valence-corrected chi connectivity index (χ4v) is 1.14. The molecule has 1 aromatic heterocycles. The summed E-state index contributed by atoms with van der Waals surface area (Å²) >= 11 is 0.881. The first-order valence-electron chi connectivity index (χ1n) is 2.06. The maximum atomic E-state index is 4.05. The number of hydrogen-bond donors (Lipinski definition) is 0. The normalized spacial score (nSPS) is 7.62. The van der Waals surface area contributed by atoms with Crippen LogP contribution in [0.4, 0.5) is 0 Å². The van der Waals surface area contributed by atoms with Crippen LogP contribution in [0, 0.1) is 0 Å². The molecule has 0 aliphatic rings. The van der Waals surface area contributed by atoms with E-state index in [2.05, 4.69) is 4.98 Å². The van der Waals surface area contributed by atoms with E-state index in [0.717, 1.165) is 24.7 Å². The Balaban J connectivity index is 0.000000490. The van der Waals surface area contributed by atoms with Crippen LogP contribution in [0.25, 0.3) is 0 Å². The van der Waals surface area contributed by atoms with Crippen LogP contribution in [-0.4, -0.2) is 29.7 Å². The van der Waals surface area contributed by atoms with Gasteiger partial charge in [-0.15, -0.1) is 0 Å². The summed E-state index contributed by atoms with van der Waals surface area (Å²) in [5, 5.41) is 0. The molecule has 0 aliphatic heterocycles. The molecule has 1 radical (unpaired) electrons. The standard InChI is InChI=1S/C5H4N.Bi.Y.2H/c1-2-4-6-5-3-1;;;;/h1-4H;;;;. The first kappa shape index (κ1) is 9.14. The molecule has 0 amide bonds. The van der Waals surface area contributed by atoms with Crippen LogP contribution in [0.15, 0.2) is 24.4 Å². The summed E-state index contributed by atoms with van der Waals surface area (Å²) in [5.74, 6) is 0. The van der Waals surface area contributed by atoms with Crippen molar-refractivity contribution in [1.82, 2.24) is 4.98 Å². The van der Waals surface area contributed by atoms with E-state index in [0.29, 0.717) is 0 Å². The van der Waals surface area contributed by atoms with E-state index in [-0.39, 0.29) is 32.7 Å². The second-order valence-electron chi connectivity index (χ2n) is 1.25. The van der Waals surface area contributed by atoms with Crippen molar-refractivity contribution in [2.24, 2.45) is 0 Å². The van der Waals surface area contributed by atoms with Crippen LogP contribution < -0.4 is 3.40 Å². The van der Waals surface area contributed by atoms with Gasteiger partial charge in [0.25, 0.3) is 0 Å². The number of rotatable bonds is 0. The van der Waals surface area contributed by atoms with E-state index < -0.39 is 0 Å². The van der Waals surface area contributed by atoms with Gasteiger partial charge in [0.15, 0.2) is 0 Å². The zero-order valence-corrected chi connectivity index (χ0v) is 11.7. The summed E-state index contributed by atoms with van der Waals surface area (Å²) in [6, 6.07) is 6.00. The minimum absolute atomic E-state index is 0. The topological polar surface area (TPSA) is 12.9 Å². The van der Waals surface area contributed by atoms with Gasteiger partial charge < -0.3 is 0 Å². The Morgan fingerprint density at radius 3 is 2.38 bits per heavy atom. The molecular weight excluding hydrogens is 372 g/mol. The van der Waals surface area contributed by atoms with Gasteiger partial charge in [0.05, 0.1) is 0 Å². The predicted molar refractivity (Wildman–Crippen MR) is 32.4 cm³/mol. The van der Waals surface area contributed by atoms with Gasteiger partial charge in [-0.2, -0.15) is 0 Å². The summed E-state index contributed by atoms with van der Waals surface area (Å²) in [6.45, 7) is 0. The fraction of sp³-hybridized carbons (Fsp3) is 0. The SMILES string of the molecule is [BiH2][c]1ccccn1.[Y]. The monoisotopic (exact) mass is 378 g/mol. The smallest absolute Gasteiger partial charge is 0 e. The Kier molecular flexibility index (Phi) is 5.67. The van der Waals surface area contributed by atoms with Gasteiger partial charge in [0.2, 0.25) is 0 Å². The van der Waals surface area contributed by atoms with E-state index in [9.17, 15) is 0 Å². The van der Waals surface area contributed by atoms with Crippen molar-refractivity contribution >= 4 is 28.1 Å². The predicted octanol–water partition coefficient (Wildman–Crippen LogP) is -0.663. The molecule has 0 aromatic carbocycles. The fourth-order valence-electron chi connectivity index (χ4n) is 0.376. The van der Waals surface area contributed by atoms with E-state index in [1.807, 2.05) is 24.4 Å². The number of hydrogen-bond acceptors (Lipinski definition) is 1. The van der Waals surface area contributed by atoms with Crippen LogP contribution in [0.3, 0.4) is 0 Å². The Morgan fingerprint density at radius 1 is 1.38 bits per heavy atom. The molecule has 0 bridgehead atoms. The quantitative estimate of drug-likeness (QED) is 0.547. The molecule has 1 aromatic rings. The zero-order valence-electron chi connectivity index (χ0n) is 4.41. The van der Waals surface area contributed by atoms with Gasteiger partial charge in [-0.1, -0.05) is 0 Å². The molecule has 39 valence electrons. The molecule has 0 saturated carbocycles. The zero-order chi connectivity index (χ0) is 5.11. The molecule has 1 heterocycles. The van der Waals surface area contributed by atoms with Gasteiger partial charge in [0, 0.05) is 32.7 Å². The molecule has 0 unspecified atom stereocenters. The Bertz CT molecular complexity index is 142. The van der Waals surface area contributed by atoms with E-state index in [1.54, 1.807) is 0 Å². The Labute approximate surface area is 89.0 Å². The summed E-state index contributed by atoms with van der Waals surface area (Å²) in [5.41, 5.74) is 0. The van der Waals surface area contributed by atoms with Crippen LogP contribution in [0.5, 0.6) is 0 Å². The van der Waals surface area contributed by atoms with Crippen molar-refractivity contribution in [2.45, 2.75) is 0 Å². The summed E-state index contributed by atoms with van der Waals surface area (Å²) in [7, 11) is 0. The second-order valence-corrected chi connectivity index (χ2v) is 3.55. The van der Waals surface area contributed by atoms with Crippen molar-refractivity contribution in [3.05, 3.63) is 24.4 Å². The van der Waals surface area contributed by atoms with Crippen LogP contribution in [0.1, 0.15) is 0 Å². The summed E-state index contributed by atoms with van der Waals surface area (Å²) in [4.78, 5) is 4.05. The molecule has 0 fully saturated rings. The largest absolute Gasteiger partial charge is 0 e. The second kappa shape index (κ2) is 4.96. The number of aromatic nitrogens is 1. The van der Waals surface area contributed by atoms with E-state index >= 15 is 0 Å². The van der Waals surface area contributed by atoms with Crippen molar-refractivity contribution < 1.29 is 32.7 Å². The van der Waals surface area contributed by atoms with Gasteiger partial charge in [-0.25, -0.2) is 0 Å². The molecule has 0 N–H and O–H groups in total. The third-order valence-corrected chi connectivity index (χ3v) is 2.02. The van der Waals surface area contributed by atoms with Crippen molar-refractivity contribution in [2.75, 3.05) is 0 Å². The van der Waals surface area contributed by atoms with Gasteiger partial charge in [-0.3, -0.25) is 0 Å². The third-order valence-electron chi connectivity index (χ3n) is 0.688. The molecule has 0 aliphatic carbocycles.